The summed E-state index contributed by atoms with van der Waals surface area (Å²) in [6.07, 6.45) is 7.41. The highest BCUT2D eigenvalue weighted by molar-refractivity contribution is 9.10. The highest BCUT2D eigenvalue weighted by Gasteiger charge is 2.09. The van der Waals surface area contributed by atoms with Gasteiger partial charge in [0.15, 0.2) is 0 Å². The minimum absolute atomic E-state index is 0.348. The van der Waals surface area contributed by atoms with Crippen molar-refractivity contribution < 1.29 is 4.74 Å². The van der Waals surface area contributed by atoms with Crippen LogP contribution in [0.25, 0.3) is 0 Å². The number of aromatic nitrogens is 2. The lowest BCUT2D eigenvalue weighted by Crippen LogP contribution is -2.30. The fourth-order valence-corrected chi connectivity index (χ4v) is 2.48. The Kier molecular flexibility index (Phi) is 5.49. The van der Waals surface area contributed by atoms with Crippen molar-refractivity contribution in [3.05, 3.63) is 52.4 Å². The Morgan fingerprint density at radius 1 is 1.20 bits per heavy atom. The predicted octanol–water partition coefficient (Wildman–Crippen LogP) is 2.62. The summed E-state index contributed by atoms with van der Waals surface area (Å²) < 4.78 is 6.08. The number of nitrogens with one attached hydrogen (secondary N) is 1. The molecule has 0 spiro atoms. The third kappa shape index (κ3) is 4.28. The van der Waals surface area contributed by atoms with Crippen LogP contribution in [0.1, 0.15) is 11.1 Å². The Morgan fingerprint density at radius 3 is 2.60 bits per heavy atom. The van der Waals surface area contributed by atoms with E-state index in [0.717, 1.165) is 17.3 Å². The van der Waals surface area contributed by atoms with E-state index in [-0.39, 0.29) is 0 Å². The molecule has 2 aromatic heterocycles. The van der Waals surface area contributed by atoms with Crippen molar-refractivity contribution in [1.82, 2.24) is 15.3 Å². The summed E-state index contributed by atoms with van der Waals surface area (Å²) in [6.45, 7) is 0. The lowest BCUT2D eigenvalue weighted by molar-refractivity contribution is 0.397. The van der Waals surface area contributed by atoms with Gasteiger partial charge < -0.3 is 10.1 Å². The van der Waals surface area contributed by atoms with E-state index in [2.05, 4.69) is 43.3 Å². The van der Waals surface area contributed by atoms with E-state index in [9.17, 15) is 0 Å². The topological polar surface area (TPSA) is 47.0 Å². The Labute approximate surface area is 127 Å². The second-order valence-corrected chi connectivity index (χ2v) is 5.53. The number of likely N-dealkylation sites (N-methyl/N-ethyl adjacent to an activating group) is 1. The van der Waals surface area contributed by atoms with Crippen LogP contribution in [-0.2, 0) is 12.8 Å². The van der Waals surface area contributed by atoms with Gasteiger partial charge in [0.2, 0.25) is 5.88 Å². The summed E-state index contributed by atoms with van der Waals surface area (Å²) in [5.74, 6) is 0.644. The van der Waals surface area contributed by atoms with Crippen molar-refractivity contribution in [3.8, 4) is 5.88 Å². The summed E-state index contributed by atoms with van der Waals surface area (Å²) in [5, 5.41) is 3.34. The van der Waals surface area contributed by atoms with Gasteiger partial charge in [0, 0.05) is 35.2 Å². The minimum Gasteiger partial charge on any atom is -0.481 e. The maximum Gasteiger partial charge on any atom is 0.212 e. The van der Waals surface area contributed by atoms with Crippen LogP contribution in [0.3, 0.4) is 0 Å². The van der Waals surface area contributed by atoms with Gasteiger partial charge in [0.25, 0.3) is 0 Å². The first kappa shape index (κ1) is 14.9. The summed E-state index contributed by atoms with van der Waals surface area (Å²) in [5.41, 5.74) is 2.40. The van der Waals surface area contributed by atoms with Crippen molar-refractivity contribution in [2.45, 2.75) is 18.9 Å². The number of pyridine rings is 2. The lowest BCUT2D eigenvalue weighted by Gasteiger charge is -2.16. The second-order valence-electron chi connectivity index (χ2n) is 4.61. The Morgan fingerprint density at radius 2 is 2.00 bits per heavy atom. The minimum atomic E-state index is 0.348. The molecule has 0 aliphatic heterocycles. The first-order valence-corrected chi connectivity index (χ1v) is 7.26. The molecule has 0 saturated carbocycles. The van der Waals surface area contributed by atoms with Crippen molar-refractivity contribution in [2.75, 3.05) is 14.2 Å². The maximum atomic E-state index is 5.07. The van der Waals surface area contributed by atoms with Gasteiger partial charge in [-0.25, -0.2) is 4.98 Å². The zero-order valence-electron chi connectivity index (χ0n) is 11.6. The van der Waals surface area contributed by atoms with Gasteiger partial charge >= 0.3 is 0 Å². The SMILES string of the molecule is CNC(Cc1ccc(OC)nc1)Cc1cncc(Br)c1. The molecular weight excluding hydrogens is 318 g/mol. The third-order valence-electron chi connectivity index (χ3n) is 3.14. The van der Waals surface area contributed by atoms with Crippen LogP contribution in [0, 0.1) is 0 Å². The van der Waals surface area contributed by atoms with Crippen molar-refractivity contribution >= 4 is 15.9 Å². The molecule has 1 atom stereocenters. The van der Waals surface area contributed by atoms with Crippen molar-refractivity contribution in [2.24, 2.45) is 0 Å². The van der Waals surface area contributed by atoms with E-state index in [0.29, 0.717) is 11.9 Å². The fourth-order valence-electron chi connectivity index (χ4n) is 2.07. The molecule has 0 amide bonds. The van der Waals surface area contributed by atoms with E-state index in [1.54, 1.807) is 13.3 Å². The Balaban J connectivity index is 2.01. The van der Waals surface area contributed by atoms with Crippen LogP contribution < -0.4 is 10.1 Å². The van der Waals surface area contributed by atoms with Crippen LogP contribution in [0.15, 0.2) is 41.3 Å². The van der Waals surface area contributed by atoms with Crippen LogP contribution in [0.5, 0.6) is 5.88 Å². The third-order valence-corrected chi connectivity index (χ3v) is 3.57. The number of nitrogens with zero attached hydrogens (tertiary/aromatic N) is 2. The van der Waals surface area contributed by atoms with E-state index < -0.39 is 0 Å². The number of methoxy groups -OCH3 is 1. The van der Waals surface area contributed by atoms with Gasteiger partial charge in [-0.05, 0) is 53.0 Å². The van der Waals surface area contributed by atoms with E-state index in [4.69, 9.17) is 4.74 Å². The molecule has 4 nitrogen and oxygen atoms in total. The summed E-state index contributed by atoms with van der Waals surface area (Å²) in [6, 6.07) is 6.39. The molecule has 1 N–H and O–H groups in total. The average Bonchev–Trinajstić information content (AvgIpc) is 2.47. The molecule has 0 saturated heterocycles. The zero-order chi connectivity index (χ0) is 14.4. The molecule has 0 aromatic carbocycles. The first-order chi connectivity index (χ1) is 9.71. The molecule has 0 aliphatic rings. The molecule has 2 rings (SSSR count). The first-order valence-electron chi connectivity index (χ1n) is 6.47. The molecule has 0 fully saturated rings. The summed E-state index contributed by atoms with van der Waals surface area (Å²) >= 11 is 3.45. The Bertz CT molecular complexity index is 545. The zero-order valence-corrected chi connectivity index (χ0v) is 13.2. The monoisotopic (exact) mass is 335 g/mol. The molecular formula is C15H18BrN3O. The largest absolute Gasteiger partial charge is 0.481 e. The quantitative estimate of drug-likeness (QED) is 0.881. The summed E-state index contributed by atoms with van der Waals surface area (Å²) in [4.78, 5) is 8.43. The van der Waals surface area contributed by atoms with Crippen LogP contribution in [0.4, 0.5) is 0 Å². The number of hydrogen-bond donors (Lipinski definition) is 1. The van der Waals surface area contributed by atoms with Crippen molar-refractivity contribution in [1.29, 1.82) is 0 Å². The second kappa shape index (κ2) is 7.36. The van der Waals surface area contributed by atoms with Crippen LogP contribution >= 0.6 is 15.9 Å². The van der Waals surface area contributed by atoms with Gasteiger partial charge in [-0.3, -0.25) is 4.98 Å². The maximum absolute atomic E-state index is 5.07. The highest BCUT2D eigenvalue weighted by Crippen LogP contribution is 2.14. The van der Waals surface area contributed by atoms with E-state index in [1.807, 2.05) is 25.5 Å². The van der Waals surface area contributed by atoms with Gasteiger partial charge in [-0.1, -0.05) is 6.07 Å². The van der Waals surface area contributed by atoms with E-state index >= 15 is 0 Å². The highest BCUT2D eigenvalue weighted by atomic mass is 79.9. The normalized spacial score (nSPS) is 12.2. The average molecular weight is 336 g/mol. The number of ether oxygens (including phenoxy) is 1. The fraction of sp³-hybridized carbons (Fsp3) is 0.333. The molecule has 1 unspecified atom stereocenters. The summed E-state index contributed by atoms with van der Waals surface area (Å²) in [7, 11) is 3.60. The van der Waals surface area contributed by atoms with Crippen LogP contribution in [0.2, 0.25) is 0 Å². The lowest BCUT2D eigenvalue weighted by atomic mass is 10.0. The van der Waals surface area contributed by atoms with Crippen LogP contribution in [-0.4, -0.2) is 30.2 Å². The molecule has 0 bridgehead atoms. The van der Waals surface area contributed by atoms with Crippen molar-refractivity contribution in [3.63, 3.8) is 0 Å². The molecule has 5 heteroatoms. The smallest absolute Gasteiger partial charge is 0.212 e. The Hall–Kier alpha value is -1.46. The van der Waals surface area contributed by atoms with Gasteiger partial charge in [0.05, 0.1) is 7.11 Å². The molecule has 2 aromatic rings. The molecule has 20 heavy (non-hydrogen) atoms. The standard InChI is InChI=1S/C15H18BrN3O/c1-17-14(7-12-5-13(16)10-18-8-12)6-11-3-4-15(20-2)19-9-11/h3-5,8-10,14,17H,6-7H2,1-2H3. The number of hydrogen-bond acceptors (Lipinski definition) is 4. The van der Waals surface area contributed by atoms with E-state index in [1.165, 1.54) is 11.1 Å². The number of halogens is 1. The molecule has 0 aliphatic carbocycles. The molecule has 106 valence electrons. The molecule has 0 radical (unpaired) electrons. The molecule has 2 heterocycles. The van der Waals surface area contributed by atoms with Gasteiger partial charge in [-0.15, -0.1) is 0 Å². The number of rotatable bonds is 6. The van der Waals surface area contributed by atoms with Gasteiger partial charge in [-0.2, -0.15) is 0 Å². The predicted molar refractivity (Wildman–Crippen MR) is 83.0 cm³/mol. The van der Waals surface area contributed by atoms with Gasteiger partial charge in [0.1, 0.15) is 0 Å².